The average molecular weight is 375 g/mol. The summed E-state index contributed by atoms with van der Waals surface area (Å²) >= 11 is 0. The molecule has 1 N–H and O–H groups in total. The van der Waals surface area contributed by atoms with Crippen molar-refractivity contribution in [1.82, 2.24) is 5.32 Å². The van der Waals surface area contributed by atoms with Crippen LogP contribution in [0, 0.1) is 5.92 Å². The molecule has 5 heteroatoms. The van der Waals surface area contributed by atoms with Gasteiger partial charge in [0.2, 0.25) is 11.8 Å². The fourth-order valence-electron chi connectivity index (χ4n) is 4.00. The van der Waals surface area contributed by atoms with Crippen molar-refractivity contribution in [1.29, 1.82) is 0 Å². The molecular weight excluding hydrogens is 350 g/mol. The number of carbonyl (C=O) groups excluding carboxylic acids is 2. The molecule has 144 valence electrons. The van der Waals surface area contributed by atoms with Crippen LogP contribution in [0.5, 0.6) is 0 Å². The number of aryl methyl sites for hydroxylation is 1. The van der Waals surface area contributed by atoms with E-state index in [1.54, 1.807) is 4.90 Å². The van der Waals surface area contributed by atoms with E-state index in [9.17, 15) is 9.59 Å². The highest BCUT2D eigenvalue weighted by molar-refractivity contribution is 6.16. The number of para-hydroxylation sites is 2. The normalized spacial score (nSPS) is 18.1. The molecule has 1 atom stereocenters. The standard InChI is InChI=1S/C23H25N3O2/c27-22(24-15-7-10-17-8-2-1-3-9-17)16-26-21-14-5-4-12-20(21)25-19-13-6-11-18(19)23(26)28/h1-5,8-9,12,14,18H,6-7,10-11,13,15-16H2,(H,24,27)/t18-/m1/s1. The molecule has 2 amide bonds. The van der Waals surface area contributed by atoms with Crippen LogP contribution >= 0.6 is 0 Å². The lowest BCUT2D eigenvalue weighted by molar-refractivity contribution is -0.124. The zero-order valence-corrected chi connectivity index (χ0v) is 15.9. The SMILES string of the molecule is O=C(CN1C(=O)[C@@H]2CCCC2=Nc2ccccc21)NCCCc1ccccc1. The largest absolute Gasteiger partial charge is 0.355 e. The van der Waals surface area contributed by atoms with E-state index in [-0.39, 0.29) is 24.3 Å². The summed E-state index contributed by atoms with van der Waals surface area (Å²) in [5.41, 5.74) is 3.74. The van der Waals surface area contributed by atoms with E-state index in [1.165, 1.54) is 5.56 Å². The number of nitrogens with one attached hydrogen (secondary N) is 1. The Morgan fingerprint density at radius 2 is 1.89 bits per heavy atom. The van der Waals surface area contributed by atoms with Gasteiger partial charge >= 0.3 is 0 Å². The topological polar surface area (TPSA) is 61.8 Å². The second-order valence-corrected chi connectivity index (χ2v) is 7.40. The average Bonchev–Trinajstić information content (AvgIpc) is 3.15. The highest BCUT2D eigenvalue weighted by Crippen LogP contribution is 2.37. The van der Waals surface area contributed by atoms with Crippen molar-refractivity contribution in [3.05, 3.63) is 60.2 Å². The molecule has 5 nitrogen and oxygen atoms in total. The maximum atomic E-state index is 13.1. The fraction of sp³-hybridized carbons (Fsp3) is 0.348. The van der Waals surface area contributed by atoms with E-state index in [4.69, 9.17) is 4.99 Å². The van der Waals surface area contributed by atoms with Gasteiger partial charge in [0.05, 0.1) is 17.3 Å². The van der Waals surface area contributed by atoms with Crippen LogP contribution in [0.4, 0.5) is 11.4 Å². The minimum atomic E-state index is -0.182. The third-order valence-corrected chi connectivity index (χ3v) is 5.44. The lowest BCUT2D eigenvalue weighted by atomic mass is 10.1. The van der Waals surface area contributed by atoms with Gasteiger partial charge < -0.3 is 10.2 Å². The van der Waals surface area contributed by atoms with Crippen molar-refractivity contribution in [3.8, 4) is 0 Å². The minimum Gasteiger partial charge on any atom is -0.355 e. The van der Waals surface area contributed by atoms with Crippen molar-refractivity contribution in [2.24, 2.45) is 10.9 Å². The first kappa shape index (κ1) is 18.4. The Kier molecular flexibility index (Phi) is 5.51. The number of rotatable bonds is 6. The molecule has 0 saturated heterocycles. The minimum absolute atomic E-state index is 0.000588. The molecule has 1 aliphatic heterocycles. The quantitative estimate of drug-likeness (QED) is 0.784. The number of amides is 2. The molecule has 1 fully saturated rings. The molecule has 4 rings (SSSR count). The molecule has 1 aliphatic carbocycles. The molecule has 0 radical (unpaired) electrons. The highest BCUT2D eigenvalue weighted by Gasteiger charge is 2.36. The Labute approximate surface area is 165 Å². The van der Waals surface area contributed by atoms with Gasteiger partial charge in [-0.15, -0.1) is 0 Å². The molecule has 0 bridgehead atoms. The first-order valence-corrected chi connectivity index (χ1v) is 10.0. The number of benzene rings is 2. The summed E-state index contributed by atoms with van der Waals surface area (Å²) in [5.74, 6) is -0.309. The lowest BCUT2D eigenvalue weighted by Gasteiger charge is -2.24. The molecule has 1 heterocycles. The van der Waals surface area contributed by atoms with Crippen LogP contribution in [0.15, 0.2) is 59.6 Å². The van der Waals surface area contributed by atoms with Crippen molar-refractivity contribution >= 4 is 28.9 Å². The van der Waals surface area contributed by atoms with E-state index in [0.29, 0.717) is 6.54 Å². The Balaban J connectivity index is 1.39. The summed E-state index contributed by atoms with van der Waals surface area (Å²) in [7, 11) is 0. The number of hydrogen-bond acceptors (Lipinski definition) is 3. The number of nitrogens with zero attached hydrogens (tertiary/aromatic N) is 2. The summed E-state index contributed by atoms with van der Waals surface area (Å²) < 4.78 is 0. The van der Waals surface area contributed by atoms with E-state index in [2.05, 4.69) is 17.4 Å². The molecule has 0 spiro atoms. The molecule has 0 unspecified atom stereocenters. The Bertz CT molecular complexity index is 892. The molecule has 0 aromatic heterocycles. The molecule has 2 aromatic rings. The molecular formula is C23H25N3O2. The van der Waals surface area contributed by atoms with Crippen LogP contribution in [0.1, 0.15) is 31.2 Å². The second-order valence-electron chi connectivity index (χ2n) is 7.40. The van der Waals surface area contributed by atoms with E-state index in [0.717, 1.165) is 49.2 Å². The van der Waals surface area contributed by atoms with Crippen LogP contribution < -0.4 is 10.2 Å². The van der Waals surface area contributed by atoms with Crippen LogP contribution in [0.3, 0.4) is 0 Å². The maximum Gasteiger partial charge on any atom is 0.240 e. The number of carbonyl (C=O) groups is 2. The third kappa shape index (κ3) is 3.98. The van der Waals surface area contributed by atoms with E-state index < -0.39 is 0 Å². The summed E-state index contributed by atoms with van der Waals surface area (Å²) in [6.45, 7) is 0.642. The first-order chi connectivity index (χ1) is 13.7. The zero-order chi connectivity index (χ0) is 19.3. The number of hydrogen-bond donors (Lipinski definition) is 1. The summed E-state index contributed by atoms with van der Waals surface area (Å²) in [4.78, 5) is 32.0. The van der Waals surface area contributed by atoms with Gasteiger partial charge in [0.25, 0.3) is 0 Å². The van der Waals surface area contributed by atoms with E-state index >= 15 is 0 Å². The van der Waals surface area contributed by atoms with Crippen LogP contribution in [-0.4, -0.2) is 30.6 Å². The van der Waals surface area contributed by atoms with Gasteiger partial charge in [-0.05, 0) is 49.8 Å². The highest BCUT2D eigenvalue weighted by atomic mass is 16.2. The number of fused-ring (bicyclic) bond motifs is 2. The van der Waals surface area contributed by atoms with Gasteiger partial charge in [-0.3, -0.25) is 14.6 Å². The van der Waals surface area contributed by atoms with Gasteiger partial charge in [-0.25, -0.2) is 0 Å². The van der Waals surface area contributed by atoms with Gasteiger partial charge in [-0.2, -0.15) is 0 Å². The molecule has 2 aromatic carbocycles. The molecule has 2 aliphatic rings. The second kappa shape index (κ2) is 8.38. The summed E-state index contributed by atoms with van der Waals surface area (Å²) in [5, 5.41) is 2.96. The van der Waals surface area contributed by atoms with Gasteiger partial charge in [0.1, 0.15) is 6.54 Å². The van der Waals surface area contributed by atoms with Crippen LogP contribution in [0.25, 0.3) is 0 Å². The maximum absolute atomic E-state index is 13.1. The zero-order valence-electron chi connectivity index (χ0n) is 15.9. The van der Waals surface area contributed by atoms with Gasteiger partial charge in [-0.1, -0.05) is 42.5 Å². The Morgan fingerprint density at radius 1 is 1.11 bits per heavy atom. The summed E-state index contributed by atoms with van der Waals surface area (Å²) in [6.07, 6.45) is 4.46. The third-order valence-electron chi connectivity index (χ3n) is 5.44. The Morgan fingerprint density at radius 3 is 2.75 bits per heavy atom. The first-order valence-electron chi connectivity index (χ1n) is 10.0. The fourth-order valence-corrected chi connectivity index (χ4v) is 4.00. The van der Waals surface area contributed by atoms with Gasteiger partial charge in [0.15, 0.2) is 0 Å². The predicted molar refractivity (Wildman–Crippen MR) is 111 cm³/mol. The van der Waals surface area contributed by atoms with Crippen molar-refractivity contribution < 1.29 is 9.59 Å². The van der Waals surface area contributed by atoms with Crippen LogP contribution in [0.2, 0.25) is 0 Å². The monoisotopic (exact) mass is 375 g/mol. The van der Waals surface area contributed by atoms with Gasteiger partial charge in [0, 0.05) is 12.3 Å². The van der Waals surface area contributed by atoms with Crippen molar-refractivity contribution in [2.45, 2.75) is 32.1 Å². The van der Waals surface area contributed by atoms with E-state index in [1.807, 2.05) is 42.5 Å². The predicted octanol–water partition coefficient (Wildman–Crippen LogP) is 3.65. The lowest BCUT2D eigenvalue weighted by Crippen LogP contribution is -2.44. The Hall–Kier alpha value is -2.95. The number of anilines is 1. The van der Waals surface area contributed by atoms with Crippen molar-refractivity contribution in [2.75, 3.05) is 18.0 Å². The van der Waals surface area contributed by atoms with Crippen LogP contribution in [-0.2, 0) is 16.0 Å². The number of aliphatic imine (C=N–C) groups is 1. The summed E-state index contributed by atoms with van der Waals surface area (Å²) in [6, 6.07) is 17.8. The molecule has 1 saturated carbocycles. The smallest absolute Gasteiger partial charge is 0.240 e. The molecule has 28 heavy (non-hydrogen) atoms. The van der Waals surface area contributed by atoms with Crippen molar-refractivity contribution in [3.63, 3.8) is 0 Å².